The largest absolute Gasteiger partial charge is 0.493 e. The van der Waals surface area contributed by atoms with Crippen molar-refractivity contribution in [3.8, 4) is 11.5 Å². The highest BCUT2D eigenvalue weighted by atomic mass is 32.2. The van der Waals surface area contributed by atoms with Crippen LogP contribution in [0.5, 0.6) is 11.5 Å². The van der Waals surface area contributed by atoms with Crippen LogP contribution in [0.4, 0.5) is 8.78 Å². The molecule has 2 aromatic rings. The zero-order valence-electron chi connectivity index (χ0n) is 25.3. The number of carbonyl (C=O) groups is 1. The van der Waals surface area contributed by atoms with Gasteiger partial charge in [-0.3, -0.25) is 4.79 Å². The number of amides is 1. The Hall–Kier alpha value is -2.76. The Kier molecular flexibility index (Phi) is 10.8. The Balaban J connectivity index is 1.33. The quantitative estimate of drug-likeness (QED) is 0.326. The molecule has 1 amide bonds. The van der Waals surface area contributed by atoms with Gasteiger partial charge in [0.1, 0.15) is 11.5 Å². The minimum atomic E-state index is -4.51. The number of nitrogens with zero attached hydrogens (tertiary/aromatic N) is 1. The van der Waals surface area contributed by atoms with Crippen molar-refractivity contribution >= 4 is 15.9 Å². The van der Waals surface area contributed by atoms with E-state index in [9.17, 15) is 13.2 Å². The molecule has 1 saturated heterocycles. The highest BCUT2D eigenvalue weighted by Crippen LogP contribution is 2.36. The first kappa shape index (κ1) is 32.6. The molecule has 3 fully saturated rings. The number of ether oxygens (including phenoxy) is 2. The summed E-state index contributed by atoms with van der Waals surface area (Å²) in [5.74, 6) is -3.39. The summed E-state index contributed by atoms with van der Waals surface area (Å²) in [6.07, 6.45) is 11.9. The van der Waals surface area contributed by atoms with Gasteiger partial charge >= 0.3 is 0 Å². The second-order valence-corrected chi connectivity index (χ2v) is 14.2. The summed E-state index contributed by atoms with van der Waals surface area (Å²) in [7, 11) is -4.51. The first-order valence-corrected chi connectivity index (χ1v) is 17.5. The van der Waals surface area contributed by atoms with Crippen molar-refractivity contribution in [1.29, 1.82) is 0 Å². The number of benzene rings is 2. The number of likely N-dealkylation sites (tertiary alicyclic amines) is 1. The molecule has 8 nitrogen and oxygen atoms in total. The van der Waals surface area contributed by atoms with Crippen LogP contribution in [0, 0.1) is 5.92 Å². The number of sulfonamides is 1. The van der Waals surface area contributed by atoms with Gasteiger partial charge in [0.05, 0.1) is 17.6 Å². The van der Waals surface area contributed by atoms with Crippen molar-refractivity contribution in [2.45, 2.75) is 106 Å². The van der Waals surface area contributed by atoms with Crippen molar-refractivity contribution in [1.82, 2.24) is 9.62 Å². The molecule has 0 unspecified atom stereocenters. The predicted octanol–water partition coefficient (Wildman–Crippen LogP) is 5.75. The van der Waals surface area contributed by atoms with Crippen LogP contribution in [0.25, 0.3) is 0 Å². The number of halogens is 2. The van der Waals surface area contributed by atoms with Crippen LogP contribution in [-0.2, 0) is 20.7 Å². The summed E-state index contributed by atoms with van der Waals surface area (Å²) in [4.78, 5) is 14.6. The molecule has 2 saturated carbocycles. The molecule has 1 aliphatic heterocycles. The number of hydrogen-bond donors (Lipinski definition) is 2. The number of nitrogens with one attached hydrogen (secondary N) is 1. The molecule has 1 heterocycles. The minimum absolute atomic E-state index is 0.0470. The number of piperidine rings is 1. The lowest BCUT2D eigenvalue weighted by atomic mass is 9.90. The van der Waals surface area contributed by atoms with Gasteiger partial charge in [0.2, 0.25) is 15.9 Å². The number of alkyl halides is 2. The second kappa shape index (κ2) is 14.6. The highest BCUT2D eigenvalue weighted by molar-refractivity contribution is 7.89. The molecule has 3 N–H and O–H groups in total. The van der Waals surface area contributed by atoms with E-state index in [4.69, 9.17) is 15.2 Å². The van der Waals surface area contributed by atoms with E-state index in [1.807, 2.05) is 0 Å². The zero-order chi connectivity index (χ0) is 31.2. The number of nitrogens with two attached hydrogens (primary N) is 1. The van der Waals surface area contributed by atoms with E-state index in [-0.39, 0.29) is 30.1 Å². The van der Waals surface area contributed by atoms with Crippen LogP contribution < -0.4 is 19.9 Å². The molecule has 0 spiro atoms. The molecule has 3 aliphatic rings. The van der Waals surface area contributed by atoms with Crippen molar-refractivity contribution in [2.24, 2.45) is 11.7 Å². The van der Waals surface area contributed by atoms with E-state index in [1.165, 1.54) is 72.7 Å². The van der Waals surface area contributed by atoms with Gasteiger partial charge < -0.3 is 20.1 Å². The predicted molar refractivity (Wildman–Crippen MR) is 164 cm³/mol. The Morgan fingerprint density at radius 3 is 2.05 bits per heavy atom. The second-order valence-electron chi connectivity index (χ2n) is 12.5. The molecule has 44 heavy (non-hydrogen) atoms. The summed E-state index contributed by atoms with van der Waals surface area (Å²) in [5.41, 5.74) is 5.49. The lowest BCUT2D eigenvalue weighted by Crippen LogP contribution is -2.57. The SMILES string of the molecule is NC1CCN(C(=O)[C@H](NS(=O)(=O)c2ccc(OCC3CCCCC3)cc2)C(F)(F)c2ccc(OC3CCCCC3)cc2)CC1. The van der Waals surface area contributed by atoms with Crippen LogP contribution in [0.2, 0.25) is 0 Å². The average molecular weight is 634 g/mol. The number of rotatable bonds is 11. The normalized spacial score (nSPS) is 20.3. The molecule has 5 rings (SSSR count). The fourth-order valence-corrected chi connectivity index (χ4v) is 7.58. The standard InChI is InChI=1S/C33H45F2N3O5S/c34-33(35,25-11-13-29(14-12-25)43-28-9-5-2-6-10-28)31(32(39)38-21-19-26(36)20-22-38)37-44(40,41)30-17-15-27(16-18-30)42-23-24-7-3-1-4-8-24/h11-18,24,26,28,31,37H,1-10,19-23,36H2/t31-/m0/s1. The smallest absolute Gasteiger partial charge is 0.298 e. The Morgan fingerprint density at radius 1 is 0.864 bits per heavy atom. The molecular weight excluding hydrogens is 588 g/mol. The molecular formula is C33H45F2N3O5S. The summed E-state index contributed by atoms with van der Waals surface area (Å²) in [5, 5.41) is 0. The molecule has 0 aromatic heterocycles. The summed E-state index contributed by atoms with van der Waals surface area (Å²) >= 11 is 0. The molecule has 11 heteroatoms. The first-order valence-electron chi connectivity index (χ1n) is 16.1. The minimum Gasteiger partial charge on any atom is -0.493 e. The van der Waals surface area contributed by atoms with E-state index in [0.717, 1.165) is 44.9 Å². The third kappa shape index (κ3) is 8.28. The van der Waals surface area contributed by atoms with Gasteiger partial charge in [-0.1, -0.05) is 25.7 Å². The summed E-state index contributed by atoms with van der Waals surface area (Å²) in [6.45, 7) is 0.905. The maximum absolute atomic E-state index is 16.2. The molecule has 0 bridgehead atoms. The van der Waals surface area contributed by atoms with E-state index in [0.29, 0.717) is 36.9 Å². The molecule has 0 radical (unpaired) electrons. The maximum atomic E-state index is 16.2. The molecule has 242 valence electrons. The molecule has 1 atom stereocenters. The van der Waals surface area contributed by atoms with Gasteiger partial charge in [-0.15, -0.1) is 0 Å². The van der Waals surface area contributed by atoms with Gasteiger partial charge in [-0.25, -0.2) is 8.42 Å². The lowest BCUT2D eigenvalue weighted by molar-refractivity contribution is -0.145. The van der Waals surface area contributed by atoms with E-state index >= 15 is 8.78 Å². The zero-order valence-corrected chi connectivity index (χ0v) is 26.1. The topological polar surface area (TPSA) is 111 Å². The first-order chi connectivity index (χ1) is 21.1. The van der Waals surface area contributed by atoms with E-state index in [2.05, 4.69) is 4.72 Å². The Morgan fingerprint density at radius 2 is 1.43 bits per heavy atom. The maximum Gasteiger partial charge on any atom is 0.298 e. The number of hydrogen-bond acceptors (Lipinski definition) is 6. The van der Waals surface area contributed by atoms with Crippen molar-refractivity contribution in [3.63, 3.8) is 0 Å². The summed E-state index contributed by atoms with van der Waals surface area (Å²) < 4.78 is 73.3. The molecule has 2 aromatic carbocycles. The molecule has 2 aliphatic carbocycles. The van der Waals surface area contributed by atoms with Crippen molar-refractivity contribution in [2.75, 3.05) is 19.7 Å². The van der Waals surface area contributed by atoms with Crippen LogP contribution in [0.15, 0.2) is 53.4 Å². The van der Waals surface area contributed by atoms with Crippen LogP contribution in [0.3, 0.4) is 0 Å². The van der Waals surface area contributed by atoms with Gasteiger partial charge in [0, 0.05) is 24.7 Å². The van der Waals surface area contributed by atoms with Gasteiger partial charge in [-0.2, -0.15) is 13.5 Å². The van der Waals surface area contributed by atoms with E-state index < -0.39 is 33.5 Å². The fourth-order valence-electron chi connectivity index (χ4n) is 6.39. The van der Waals surface area contributed by atoms with Crippen molar-refractivity contribution in [3.05, 3.63) is 54.1 Å². The van der Waals surface area contributed by atoms with Gasteiger partial charge in [0.25, 0.3) is 5.92 Å². The Bertz CT molecular complexity index is 1320. The highest BCUT2D eigenvalue weighted by Gasteiger charge is 2.50. The third-order valence-electron chi connectivity index (χ3n) is 9.17. The average Bonchev–Trinajstić information content (AvgIpc) is 3.04. The van der Waals surface area contributed by atoms with Crippen LogP contribution in [-0.4, -0.2) is 57.1 Å². The van der Waals surface area contributed by atoms with Crippen LogP contribution in [0.1, 0.15) is 82.6 Å². The fraction of sp³-hybridized carbons (Fsp3) is 0.606. The Labute approximate surface area is 259 Å². The number of carbonyl (C=O) groups excluding carboxylic acids is 1. The van der Waals surface area contributed by atoms with Crippen LogP contribution >= 0.6 is 0 Å². The summed E-state index contributed by atoms with van der Waals surface area (Å²) in [6, 6.07) is 8.51. The monoisotopic (exact) mass is 633 g/mol. The van der Waals surface area contributed by atoms with Gasteiger partial charge in [-0.05, 0) is 106 Å². The van der Waals surface area contributed by atoms with E-state index in [1.54, 1.807) is 0 Å². The third-order valence-corrected chi connectivity index (χ3v) is 10.6. The van der Waals surface area contributed by atoms with Crippen molar-refractivity contribution < 1.29 is 31.5 Å². The lowest BCUT2D eigenvalue weighted by Gasteiger charge is -2.35. The van der Waals surface area contributed by atoms with Gasteiger partial charge in [0.15, 0.2) is 6.04 Å².